The molecule has 0 bridgehead atoms. The van der Waals surface area contributed by atoms with Crippen LogP contribution in [0.1, 0.15) is 13.8 Å². The van der Waals surface area contributed by atoms with Crippen LogP contribution in [-0.2, 0) is 0 Å². The molecule has 6 heavy (non-hydrogen) atoms. The molecule has 0 atom stereocenters. The van der Waals surface area contributed by atoms with Crippen molar-refractivity contribution >= 4 is 7.48 Å². The van der Waals surface area contributed by atoms with Gasteiger partial charge in [-0.3, -0.25) is 0 Å². The normalized spacial score (nSPS) is 11.3. The van der Waals surface area contributed by atoms with E-state index in [0.29, 0.717) is 0 Å². The molecule has 1 radical (unpaired) electrons. The summed E-state index contributed by atoms with van der Waals surface area (Å²) in [4.78, 5) is 0. The fraction of sp³-hybridized carbons (Fsp3) is 1.00. The Hall–Kier alpha value is -0.0151. The van der Waals surface area contributed by atoms with Gasteiger partial charge >= 0.3 is 7.48 Å². The van der Waals surface area contributed by atoms with Gasteiger partial charge in [0.1, 0.15) is 0 Å². The minimum absolute atomic E-state index is 0.743. The third kappa shape index (κ3) is 3.98. The van der Waals surface area contributed by atoms with Crippen LogP contribution in [-0.4, -0.2) is 23.1 Å². The molecule has 0 fully saturated rings. The third-order valence-electron chi connectivity index (χ3n) is 0.316. The van der Waals surface area contributed by atoms with Gasteiger partial charge in [0.05, 0.1) is 5.50 Å². The lowest BCUT2D eigenvalue weighted by molar-refractivity contribution is 0.152. The maximum absolute atomic E-state index is 8.52. The van der Waals surface area contributed by atoms with Crippen molar-refractivity contribution in [2.45, 2.75) is 19.3 Å². The summed E-state index contributed by atoms with van der Waals surface area (Å²) in [6, 6.07) is 0. The largest absolute Gasteiger partial charge is 0.452 e. The van der Waals surface area contributed by atoms with E-state index in [9.17, 15) is 0 Å². The van der Waals surface area contributed by atoms with E-state index in [1.54, 1.807) is 0 Å². The van der Waals surface area contributed by atoms with Gasteiger partial charge in [-0.05, 0) is 13.8 Å². The molecule has 0 spiro atoms. The van der Waals surface area contributed by atoms with Gasteiger partial charge in [-0.25, -0.2) is 0 Å². The van der Waals surface area contributed by atoms with Gasteiger partial charge in [-0.2, -0.15) is 0 Å². The van der Waals surface area contributed by atoms with E-state index < -0.39 is 5.50 Å². The van der Waals surface area contributed by atoms with E-state index in [1.807, 2.05) is 0 Å². The lowest BCUT2D eigenvalue weighted by Gasteiger charge is -2.08. The average molecular weight is 86.9 g/mol. The highest BCUT2D eigenvalue weighted by atomic mass is 16.3. The van der Waals surface area contributed by atoms with Gasteiger partial charge in [0.15, 0.2) is 0 Å². The summed E-state index contributed by atoms with van der Waals surface area (Å²) in [5, 5.41) is 16.5. The SMILES string of the molecule is CC(C)(O)[B]O. The molecule has 0 aliphatic heterocycles. The molecular weight excluding hydrogens is 78.8 g/mol. The Balaban J connectivity index is 3.17. The van der Waals surface area contributed by atoms with E-state index in [1.165, 1.54) is 13.8 Å². The summed E-state index contributed by atoms with van der Waals surface area (Å²) in [6.07, 6.45) is 0. The van der Waals surface area contributed by atoms with E-state index >= 15 is 0 Å². The van der Waals surface area contributed by atoms with Crippen LogP contribution in [0.4, 0.5) is 0 Å². The second-order valence-corrected chi connectivity index (χ2v) is 1.78. The van der Waals surface area contributed by atoms with Crippen molar-refractivity contribution in [3.8, 4) is 0 Å². The van der Waals surface area contributed by atoms with E-state index in [4.69, 9.17) is 10.1 Å². The lowest BCUT2D eigenvalue weighted by Crippen LogP contribution is -2.26. The Bertz CT molecular complexity index is 38.5. The monoisotopic (exact) mass is 87.1 g/mol. The molecule has 0 aromatic rings. The van der Waals surface area contributed by atoms with Crippen LogP contribution in [0.5, 0.6) is 0 Å². The standard InChI is InChI=1S/C3H8BO2/c1-3(2,5)4-6/h5-6H,1-2H3. The van der Waals surface area contributed by atoms with Crippen LogP contribution in [0, 0.1) is 0 Å². The molecular formula is C3H8BO2. The molecule has 35 valence electrons. The van der Waals surface area contributed by atoms with Crippen LogP contribution >= 0.6 is 0 Å². The first-order valence-corrected chi connectivity index (χ1v) is 1.77. The van der Waals surface area contributed by atoms with Crippen LogP contribution < -0.4 is 0 Å². The van der Waals surface area contributed by atoms with Crippen LogP contribution in [0.2, 0.25) is 0 Å². The van der Waals surface area contributed by atoms with E-state index in [-0.39, 0.29) is 0 Å². The smallest absolute Gasteiger partial charge is 0.322 e. The number of rotatable bonds is 1. The summed E-state index contributed by atoms with van der Waals surface area (Å²) in [5.41, 5.74) is -1.03. The molecule has 0 heterocycles. The fourth-order valence-corrected chi connectivity index (χ4v) is 0. The molecule has 2 nitrogen and oxygen atoms in total. The second-order valence-electron chi connectivity index (χ2n) is 1.78. The lowest BCUT2D eigenvalue weighted by atomic mass is 9.79. The Morgan fingerprint density at radius 1 is 1.50 bits per heavy atom. The van der Waals surface area contributed by atoms with Crippen molar-refractivity contribution in [3.05, 3.63) is 0 Å². The van der Waals surface area contributed by atoms with Crippen LogP contribution in [0.25, 0.3) is 0 Å². The Morgan fingerprint density at radius 3 is 1.67 bits per heavy atom. The first-order valence-electron chi connectivity index (χ1n) is 1.77. The second kappa shape index (κ2) is 1.62. The zero-order chi connectivity index (χ0) is 5.21. The zero-order valence-corrected chi connectivity index (χ0v) is 3.97. The first-order chi connectivity index (χ1) is 2.56. The van der Waals surface area contributed by atoms with Crippen molar-refractivity contribution in [3.63, 3.8) is 0 Å². The van der Waals surface area contributed by atoms with E-state index in [2.05, 4.69) is 0 Å². The molecule has 0 aromatic heterocycles. The highest BCUT2D eigenvalue weighted by molar-refractivity contribution is 6.29. The molecule has 0 aliphatic rings. The summed E-state index contributed by atoms with van der Waals surface area (Å²) >= 11 is 0. The summed E-state index contributed by atoms with van der Waals surface area (Å²) in [7, 11) is 0.743. The minimum atomic E-state index is -1.03. The Labute approximate surface area is 38.1 Å². The zero-order valence-electron chi connectivity index (χ0n) is 3.97. The van der Waals surface area contributed by atoms with Gasteiger partial charge in [0.2, 0.25) is 0 Å². The number of hydrogen-bond donors (Lipinski definition) is 2. The maximum Gasteiger partial charge on any atom is 0.322 e. The molecule has 0 rings (SSSR count). The highest BCUT2D eigenvalue weighted by Crippen LogP contribution is 1.92. The topological polar surface area (TPSA) is 40.5 Å². The number of hydrogen-bond acceptors (Lipinski definition) is 2. The molecule has 0 saturated heterocycles. The average Bonchev–Trinajstić information content (AvgIpc) is 1.35. The van der Waals surface area contributed by atoms with Crippen molar-refractivity contribution in [2.24, 2.45) is 0 Å². The molecule has 0 saturated carbocycles. The molecule has 0 aliphatic carbocycles. The Kier molecular flexibility index (Phi) is 1.62. The summed E-state index contributed by atoms with van der Waals surface area (Å²) < 4.78 is 0. The van der Waals surface area contributed by atoms with Crippen molar-refractivity contribution in [2.75, 3.05) is 0 Å². The molecule has 0 amide bonds. The minimum Gasteiger partial charge on any atom is -0.452 e. The molecule has 3 heteroatoms. The summed E-state index contributed by atoms with van der Waals surface area (Å²) in [6.45, 7) is 2.99. The van der Waals surface area contributed by atoms with Crippen LogP contribution in [0.3, 0.4) is 0 Å². The first kappa shape index (κ1) is 5.98. The third-order valence-corrected chi connectivity index (χ3v) is 0.316. The molecule has 0 aromatic carbocycles. The molecule has 0 unspecified atom stereocenters. The van der Waals surface area contributed by atoms with Crippen LogP contribution in [0.15, 0.2) is 0 Å². The van der Waals surface area contributed by atoms with Crippen molar-refractivity contribution < 1.29 is 10.1 Å². The number of aliphatic hydroxyl groups is 1. The predicted molar refractivity (Wildman–Crippen MR) is 24.3 cm³/mol. The maximum atomic E-state index is 8.52. The summed E-state index contributed by atoms with van der Waals surface area (Å²) in [5.74, 6) is 0. The highest BCUT2D eigenvalue weighted by Gasteiger charge is 2.11. The van der Waals surface area contributed by atoms with Crippen molar-refractivity contribution in [1.29, 1.82) is 0 Å². The van der Waals surface area contributed by atoms with Gasteiger partial charge in [0, 0.05) is 0 Å². The fourth-order valence-electron chi connectivity index (χ4n) is 0. The molecule has 2 N–H and O–H groups in total. The van der Waals surface area contributed by atoms with Gasteiger partial charge in [-0.15, -0.1) is 0 Å². The predicted octanol–water partition coefficient (Wildman–Crippen LogP) is -0.674. The van der Waals surface area contributed by atoms with E-state index in [0.717, 1.165) is 7.48 Å². The van der Waals surface area contributed by atoms with Crippen molar-refractivity contribution in [1.82, 2.24) is 0 Å². The van der Waals surface area contributed by atoms with Gasteiger partial charge in [0.25, 0.3) is 0 Å². The van der Waals surface area contributed by atoms with Gasteiger partial charge < -0.3 is 10.1 Å². The Morgan fingerprint density at radius 2 is 1.67 bits per heavy atom. The van der Waals surface area contributed by atoms with Gasteiger partial charge in [-0.1, -0.05) is 0 Å². The quantitative estimate of drug-likeness (QED) is 0.416.